The molecular formula is C14H33NSi. The standard InChI is InChI=1S/C14H33NSi/c1-4-11-16(12-5-2,13-6-3)14-9-7-8-10-15/h4-15H2,1-3H3. The number of hydrogen-bond donors (Lipinski definition) is 1. The highest BCUT2D eigenvalue weighted by molar-refractivity contribution is 6.79. The molecule has 1 nitrogen and oxygen atoms in total. The molecule has 0 aromatic rings. The summed E-state index contributed by atoms with van der Waals surface area (Å²) >= 11 is 0. The highest BCUT2D eigenvalue weighted by Crippen LogP contribution is 2.32. The minimum atomic E-state index is -0.886. The molecule has 0 radical (unpaired) electrons. The van der Waals surface area contributed by atoms with Crippen molar-refractivity contribution in [1.82, 2.24) is 0 Å². The van der Waals surface area contributed by atoms with Gasteiger partial charge >= 0.3 is 0 Å². The van der Waals surface area contributed by atoms with Crippen molar-refractivity contribution in [1.29, 1.82) is 0 Å². The molecule has 0 atom stereocenters. The minimum Gasteiger partial charge on any atom is -0.330 e. The third kappa shape index (κ3) is 6.69. The van der Waals surface area contributed by atoms with Gasteiger partial charge in [-0.2, -0.15) is 0 Å². The van der Waals surface area contributed by atoms with E-state index in [1.165, 1.54) is 38.5 Å². The monoisotopic (exact) mass is 243 g/mol. The molecule has 0 aromatic carbocycles. The zero-order valence-electron chi connectivity index (χ0n) is 11.9. The van der Waals surface area contributed by atoms with Gasteiger partial charge < -0.3 is 5.73 Å². The van der Waals surface area contributed by atoms with Crippen molar-refractivity contribution < 1.29 is 0 Å². The lowest BCUT2D eigenvalue weighted by atomic mass is 10.2. The fourth-order valence-electron chi connectivity index (χ4n) is 3.16. The van der Waals surface area contributed by atoms with E-state index >= 15 is 0 Å². The van der Waals surface area contributed by atoms with Crippen LogP contribution < -0.4 is 5.73 Å². The Bertz CT molecular complexity index is 131. The molecule has 0 rings (SSSR count). The predicted octanol–water partition coefficient (Wildman–Crippen LogP) is 4.79. The van der Waals surface area contributed by atoms with Crippen molar-refractivity contribution in [2.75, 3.05) is 6.54 Å². The van der Waals surface area contributed by atoms with Crippen LogP contribution in [0.3, 0.4) is 0 Å². The summed E-state index contributed by atoms with van der Waals surface area (Å²) in [5.41, 5.74) is 5.57. The second-order valence-corrected chi connectivity index (χ2v) is 10.3. The summed E-state index contributed by atoms with van der Waals surface area (Å²) in [6.07, 6.45) is 8.26. The molecule has 16 heavy (non-hydrogen) atoms. The van der Waals surface area contributed by atoms with Gasteiger partial charge in [0.1, 0.15) is 0 Å². The highest BCUT2D eigenvalue weighted by atomic mass is 28.3. The second-order valence-electron chi connectivity index (χ2n) is 5.35. The van der Waals surface area contributed by atoms with E-state index in [-0.39, 0.29) is 0 Å². The van der Waals surface area contributed by atoms with E-state index in [0.29, 0.717) is 0 Å². The van der Waals surface area contributed by atoms with Gasteiger partial charge in [-0.15, -0.1) is 0 Å². The van der Waals surface area contributed by atoms with Crippen LogP contribution in [-0.2, 0) is 0 Å². The fraction of sp³-hybridized carbons (Fsp3) is 1.00. The summed E-state index contributed by atoms with van der Waals surface area (Å²) in [7, 11) is -0.886. The maximum atomic E-state index is 5.57. The summed E-state index contributed by atoms with van der Waals surface area (Å²) in [6.45, 7) is 7.98. The van der Waals surface area contributed by atoms with Crippen molar-refractivity contribution in [2.45, 2.75) is 83.5 Å². The van der Waals surface area contributed by atoms with Crippen LogP contribution in [0.2, 0.25) is 24.2 Å². The summed E-state index contributed by atoms with van der Waals surface area (Å²) in [6, 6.07) is 6.27. The van der Waals surface area contributed by atoms with Crippen LogP contribution in [0.15, 0.2) is 0 Å². The lowest BCUT2D eigenvalue weighted by molar-refractivity contribution is 0.712. The Kier molecular flexibility index (Phi) is 10.5. The molecule has 2 N–H and O–H groups in total. The van der Waals surface area contributed by atoms with Crippen LogP contribution in [0.5, 0.6) is 0 Å². The molecule has 0 aromatic heterocycles. The lowest BCUT2D eigenvalue weighted by Crippen LogP contribution is -2.33. The zero-order chi connectivity index (χ0) is 12.3. The topological polar surface area (TPSA) is 26.0 Å². The summed E-state index contributed by atoms with van der Waals surface area (Å²) in [4.78, 5) is 0. The number of unbranched alkanes of at least 4 members (excludes halogenated alkanes) is 2. The first-order valence-corrected chi connectivity index (χ1v) is 10.3. The van der Waals surface area contributed by atoms with E-state index in [2.05, 4.69) is 20.8 Å². The third-order valence-electron chi connectivity index (χ3n) is 3.75. The first-order chi connectivity index (χ1) is 7.74. The molecule has 0 saturated heterocycles. The van der Waals surface area contributed by atoms with Gasteiger partial charge in [-0.1, -0.05) is 77.1 Å². The molecule has 0 amide bonds. The van der Waals surface area contributed by atoms with Gasteiger partial charge in [0.2, 0.25) is 0 Å². The van der Waals surface area contributed by atoms with Gasteiger partial charge in [-0.25, -0.2) is 0 Å². The van der Waals surface area contributed by atoms with Crippen LogP contribution in [0.1, 0.15) is 59.3 Å². The quantitative estimate of drug-likeness (QED) is 0.409. The Morgan fingerprint density at radius 2 is 1.19 bits per heavy atom. The minimum absolute atomic E-state index is 0.879. The molecule has 0 bridgehead atoms. The van der Waals surface area contributed by atoms with E-state index in [9.17, 15) is 0 Å². The van der Waals surface area contributed by atoms with Crippen LogP contribution in [0, 0.1) is 0 Å². The molecular weight excluding hydrogens is 210 g/mol. The zero-order valence-corrected chi connectivity index (χ0v) is 12.9. The smallest absolute Gasteiger partial charge is 0.0535 e. The van der Waals surface area contributed by atoms with Crippen LogP contribution in [0.4, 0.5) is 0 Å². The Balaban J connectivity index is 4.12. The molecule has 0 spiro atoms. The van der Waals surface area contributed by atoms with Gasteiger partial charge in [0.05, 0.1) is 8.07 Å². The van der Waals surface area contributed by atoms with Crippen LogP contribution >= 0.6 is 0 Å². The van der Waals surface area contributed by atoms with Gasteiger partial charge in [0.15, 0.2) is 0 Å². The van der Waals surface area contributed by atoms with Gasteiger partial charge in [0, 0.05) is 0 Å². The van der Waals surface area contributed by atoms with Crippen LogP contribution in [0.25, 0.3) is 0 Å². The Morgan fingerprint density at radius 3 is 1.56 bits per heavy atom. The number of hydrogen-bond acceptors (Lipinski definition) is 1. The first-order valence-electron chi connectivity index (χ1n) is 7.44. The van der Waals surface area contributed by atoms with Gasteiger partial charge in [-0.05, 0) is 13.0 Å². The Hall–Kier alpha value is 0.177. The van der Waals surface area contributed by atoms with Crippen molar-refractivity contribution in [3.63, 3.8) is 0 Å². The second kappa shape index (κ2) is 10.3. The van der Waals surface area contributed by atoms with Gasteiger partial charge in [0.25, 0.3) is 0 Å². The Labute approximate surface area is 104 Å². The largest absolute Gasteiger partial charge is 0.330 e. The van der Waals surface area contributed by atoms with Gasteiger partial charge in [-0.3, -0.25) is 0 Å². The molecule has 0 aliphatic rings. The molecule has 0 aliphatic carbocycles. The molecule has 0 saturated carbocycles. The Morgan fingerprint density at radius 1 is 0.688 bits per heavy atom. The maximum Gasteiger partial charge on any atom is 0.0535 e. The highest BCUT2D eigenvalue weighted by Gasteiger charge is 2.28. The molecule has 0 aliphatic heterocycles. The van der Waals surface area contributed by atoms with E-state index in [1.54, 1.807) is 24.2 Å². The molecule has 0 heterocycles. The van der Waals surface area contributed by atoms with Crippen molar-refractivity contribution in [2.24, 2.45) is 5.73 Å². The lowest BCUT2D eigenvalue weighted by Gasteiger charge is -2.31. The maximum absolute atomic E-state index is 5.57. The number of nitrogens with two attached hydrogens (primary N) is 1. The van der Waals surface area contributed by atoms with E-state index in [0.717, 1.165) is 6.54 Å². The number of rotatable bonds is 11. The molecule has 98 valence electrons. The van der Waals surface area contributed by atoms with Crippen molar-refractivity contribution >= 4 is 8.07 Å². The summed E-state index contributed by atoms with van der Waals surface area (Å²) in [5, 5.41) is 0. The van der Waals surface area contributed by atoms with Crippen molar-refractivity contribution in [3.8, 4) is 0 Å². The molecule has 2 heteroatoms. The normalized spacial score (nSPS) is 12.0. The summed E-state index contributed by atoms with van der Waals surface area (Å²) < 4.78 is 0. The average Bonchev–Trinajstić information content (AvgIpc) is 2.26. The molecule has 0 fully saturated rings. The van der Waals surface area contributed by atoms with E-state index in [4.69, 9.17) is 5.73 Å². The predicted molar refractivity (Wildman–Crippen MR) is 78.8 cm³/mol. The first kappa shape index (κ1) is 16.2. The van der Waals surface area contributed by atoms with Crippen molar-refractivity contribution in [3.05, 3.63) is 0 Å². The van der Waals surface area contributed by atoms with E-state index in [1.807, 2.05) is 0 Å². The molecule has 0 unspecified atom stereocenters. The van der Waals surface area contributed by atoms with E-state index < -0.39 is 8.07 Å². The average molecular weight is 244 g/mol. The fourth-order valence-corrected chi connectivity index (χ4v) is 8.84. The summed E-state index contributed by atoms with van der Waals surface area (Å²) in [5.74, 6) is 0. The SMILES string of the molecule is CCC[Si](CCC)(CCC)CCCCCN. The third-order valence-corrected chi connectivity index (χ3v) is 9.85. The van der Waals surface area contributed by atoms with Crippen LogP contribution in [-0.4, -0.2) is 14.6 Å².